The van der Waals surface area contributed by atoms with E-state index >= 15 is 0 Å². The van der Waals surface area contributed by atoms with Crippen molar-refractivity contribution in [1.29, 1.82) is 0 Å². The van der Waals surface area contributed by atoms with E-state index in [1.165, 1.54) is 29.2 Å². The fourth-order valence-electron chi connectivity index (χ4n) is 1.45. The maximum absolute atomic E-state index is 13.7. The second-order valence-corrected chi connectivity index (χ2v) is 6.22. The first-order valence-corrected chi connectivity index (χ1v) is 7.13. The summed E-state index contributed by atoms with van der Waals surface area (Å²) in [5.74, 6) is -0.920. The summed E-state index contributed by atoms with van der Waals surface area (Å²) >= 11 is 0. The molecule has 2 aromatic rings. The van der Waals surface area contributed by atoms with Gasteiger partial charge in [0.15, 0.2) is 0 Å². The van der Waals surface area contributed by atoms with E-state index in [2.05, 4.69) is 4.98 Å². The Bertz CT molecular complexity index is 626. The predicted octanol–water partition coefficient (Wildman–Crippen LogP) is 2.08. The zero-order valence-corrected chi connectivity index (χ0v) is 10.1. The van der Waals surface area contributed by atoms with Crippen LogP contribution in [-0.4, -0.2) is 18.0 Å². The molecule has 7 heteroatoms. The van der Waals surface area contributed by atoms with E-state index in [1.54, 1.807) is 6.20 Å². The Kier molecular flexibility index (Phi) is 3.17. The van der Waals surface area contributed by atoms with Gasteiger partial charge in [0.05, 0.1) is 17.8 Å². The van der Waals surface area contributed by atoms with Crippen LogP contribution in [-0.2, 0) is 14.8 Å². The molecule has 0 aliphatic rings. The molecular formula is C10H8ClFN2O2S. The van der Waals surface area contributed by atoms with Crippen molar-refractivity contribution in [3.05, 3.63) is 48.3 Å². The number of imidazole rings is 1. The Balaban J connectivity index is 2.36. The van der Waals surface area contributed by atoms with Gasteiger partial charge in [0, 0.05) is 23.1 Å². The van der Waals surface area contributed by atoms with Crippen molar-refractivity contribution in [3.63, 3.8) is 0 Å². The highest BCUT2D eigenvalue weighted by molar-refractivity contribution is 8.13. The van der Waals surface area contributed by atoms with Gasteiger partial charge in [-0.3, -0.25) is 0 Å². The molecule has 1 aromatic carbocycles. The van der Waals surface area contributed by atoms with Gasteiger partial charge < -0.3 is 4.57 Å². The molecule has 0 saturated carbocycles. The molecule has 1 aromatic heterocycles. The zero-order chi connectivity index (χ0) is 12.5. The van der Waals surface area contributed by atoms with Crippen LogP contribution in [0.2, 0.25) is 0 Å². The van der Waals surface area contributed by atoms with Gasteiger partial charge in [-0.15, -0.1) is 0 Å². The minimum absolute atomic E-state index is 0.304. The first-order chi connectivity index (χ1) is 7.96. The maximum Gasteiger partial charge on any atom is 0.236 e. The third-order valence-electron chi connectivity index (χ3n) is 2.13. The van der Waals surface area contributed by atoms with Crippen LogP contribution in [0.4, 0.5) is 4.39 Å². The molecule has 0 unspecified atom stereocenters. The summed E-state index contributed by atoms with van der Waals surface area (Å²) in [6.07, 6.45) is 4.57. The fourth-order valence-corrected chi connectivity index (χ4v) is 2.41. The van der Waals surface area contributed by atoms with E-state index in [-0.39, 0.29) is 0 Å². The Morgan fingerprint density at radius 3 is 2.71 bits per heavy atom. The number of hydrogen-bond donors (Lipinski definition) is 0. The first kappa shape index (κ1) is 12.1. The topological polar surface area (TPSA) is 52.0 Å². The molecule has 17 heavy (non-hydrogen) atoms. The predicted molar refractivity (Wildman–Crippen MR) is 62.0 cm³/mol. The highest BCUT2D eigenvalue weighted by atomic mass is 35.7. The Labute approximate surface area is 102 Å². The standard InChI is InChI=1S/C10H8ClFN2O2S/c11-17(15,16)6-8-1-2-10(9(12)5-8)14-4-3-13-7-14/h1-5,7H,6H2. The van der Waals surface area contributed by atoms with Gasteiger partial charge >= 0.3 is 0 Å². The van der Waals surface area contributed by atoms with Crippen molar-refractivity contribution in [2.24, 2.45) is 0 Å². The second kappa shape index (κ2) is 4.46. The number of hydrogen-bond acceptors (Lipinski definition) is 3. The molecule has 0 aliphatic carbocycles. The van der Waals surface area contributed by atoms with Gasteiger partial charge in [-0.25, -0.2) is 17.8 Å². The summed E-state index contributed by atoms with van der Waals surface area (Å²) in [7, 11) is 1.42. The average molecular weight is 275 g/mol. The van der Waals surface area contributed by atoms with E-state index in [1.807, 2.05) is 0 Å². The Hall–Kier alpha value is -1.40. The molecule has 0 amide bonds. The van der Waals surface area contributed by atoms with Crippen LogP contribution in [0.3, 0.4) is 0 Å². The van der Waals surface area contributed by atoms with Gasteiger partial charge in [-0.2, -0.15) is 0 Å². The van der Waals surface area contributed by atoms with Crippen molar-refractivity contribution < 1.29 is 12.8 Å². The Morgan fingerprint density at radius 2 is 2.18 bits per heavy atom. The maximum atomic E-state index is 13.7. The van der Waals surface area contributed by atoms with Crippen LogP contribution < -0.4 is 0 Å². The van der Waals surface area contributed by atoms with E-state index in [4.69, 9.17) is 10.7 Å². The lowest BCUT2D eigenvalue weighted by Gasteiger charge is -2.05. The van der Waals surface area contributed by atoms with Crippen LogP contribution in [0, 0.1) is 5.82 Å². The average Bonchev–Trinajstić information content (AvgIpc) is 2.68. The van der Waals surface area contributed by atoms with E-state index in [0.29, 0.717) is 11.3 Å². The molecule has 0 fully saturated rings. The van der Waals surface area contributed by atoms with Crippen LogP contribution >= 0.6 is 10.7 Å². The van der Waals surface area contributed by atoms with E-state index < -0.39 is 20.6 Å². The summed E-state index contributed by atoms with van der Waals surface area (Å²) in [6.45, 7) is 0. The number of benzene rings is 1. The molecule has 0 atom stereocenters. The molecule has 0 saturated heterocycles. The highest BCUT2D eigenvalue weighted by Gasteiger charge is 2.10. The quantitative estimate of drug-likeness (QED) is 0.805. The lowest BCUT2D eigenvalue weighted by Crippen LogP contribution is -1.99. The molecule has 0 radical (unpaired) electrons. The van der Waals surface area contributed by atoms with Gasteiger partial charge in [0.2, 0.25) is 9.05 Å². The number of halogens is 2. The smallest absolute Gasteiger partial charge is 0.236 e. The molecule has 0 spiro atoms. The summed E-state index contributed by atoms with van der Waals surface area (Å²) < 4.78 is 36.9. The van der Waals surface area contributed by atoms with E-state index in [9.17, 15) is 12.8 Å². The largest absolute Gasteiger partial charge is 0.303 e. The molecule has 90 valence electrons. The SMILES string of the molecule is O=S(=O)(Cl)Cc1ccc(-n2ccnc2)c(F)c1. The summed E-state index contributed by atoms with van der Waals surface area (Å²) in [4.78, 5) is 3.80. The van der Waals surface area contributed by atoms with Gasteiger partial charge in [0.25, 0.3) is 0 Å². The van der Waals surface area contributed by atoms with Crippen LogP contribution in [0.1, 0.15) is 5.56 Å². The van der Waals surface area contributed by atoms with Crippen LogP contribution in [0.5, 0.6) is 0 Å². The van der Waals surface area contributed by atoms with Crippen molar-refractivity contribution in [3.8, 4) is 5.69 Å². The number of nitrogens with zero attached hydrogens (tertiary/aromatic N) is 2. The lowest BCUT2D eigenvalue weighted by molar-refractivity contribution is 0.607. The van der Waals surface area contributed by atoms with Crippen molar-refractivity contribution in [2.45, 2.75) is 5.75 Å². The molecule has 0 aliphatic heterocycles. The molecule has 4 nitrogen and oxygen atoms in total. The fraction of sp³-hybridized carbons (Fsp3) is 0.100. The van der Waals surface area contributed by atoms with Crippen LogP contribution in [0.15, 0.2) is 36.9 Å². The summed E-state index contributed by atoms with van der Waals surface area (Å²) in [6, 6.07) is 4.14. The van der Waals surface area contributed by atoms with E-state index in [0.717, 1.165) is 6.07 Å². The minimum atomic E-state index is -3.67. The monoisotopic (exact) mass is 274 g/mol. The summed E-state index contributed by atoms with van der Waals surface area (Å²) in [5.41, 5.74) is 0.611. The van der Waals surface area contributed by atoms with Crippen molar-refractivity contribution in [2.75, 3.05) is 0 Å². The molecular weight excluding hydrogens is 267 g/mol. The molecule has 0 bridgehead atoms. The van der Waals surface area contributed by atoms with Crippen molar-refractivity contribution >= 4 is 19.7 Å². The summed E-state index contributed by atoms with van der Waals surface area (Å²) in [5, 5.41) is 0. The third-order valence-corrected chi connectivity index (χ3v) is 3.14. The van der Waals surface area contributed by atoms with Crippen LogP contribution in [0.25, 0.3) is 5.69 Å². The van der Waals surface area contributed by atoms with Crippen molar-refractivity contribution in [1.82, 2.24) is 9.55 Å². The van der Waals surface area contributed by atoms with Gasteiger partial charge in [-0.1, -0.05) is 6.07 Å². The van der Waals surface area contributed by atoms with Gasteiger partial charge in [-0.05, 0) is 17.7 Å². The molecule has 0 N–H and O–H groups in total. The molecule has 2 rings (SSSR count). The number of aromatic nitrogens is 2. The third kappa shape index (κ3) is 3.04. The normalized spacial score (nSPS) is 11.6. The highest BCUT2D eigenvalue weighted by Crippen LogP contribution is 2.17. The second-order valence-electron chi connectivity index (χ2n) is 3.44. The Morgan fingerprint density at radius 1 is 1.41 bits per heavy atom. The number of rotatable bonds is 3. The lowest BCUT2D eigenvalue weighted by atomic mass is 10.2. The molecule has 1 heterocycles. The first-order valence-electron chi connectivity index (χ1n) is 4.65. The zero-order valence-electron chi connectivity index (χ0n) is 8.55. The van der Waals surface area contributed by atoms with Gasteiger partial charge in [0.1, 0.15) is 5.82 Å². The minimum Gasteiger partial charge on any atom is -0.303 e.